The quantitative estimate of drug-likeness (QED) is 0.807. The molecule has 102 valence electrons. The zero-order valence-corrected chi connectivity index (χ0v) is 11.5. The third kappa shape index (κ3) is 2.90. The minimum Gasteiger partial charge on any atom is -0.423 e. The number of hydrogen-bond donors (Lipinski definition) is 1. The maximum Gasteiger partial charge on any atom is 0.233 e. The van der Waals surface area contributed by atoms with Crippen LogP contribution in [0.1, 0.15) is 57.4 Å². The van der Waals surface area contributed by atoms with Gasteiger partial charge in [-0.3, -0.25) is 0 Å². The molecule has 0 aromatic carbocycles. The predicted molar refractivity (Wildman–Crippen MR) is 68.3 cm³/mol. The molecule has 1 heterocycles. The molecule has 2 rings (SSSR count). The Labute approximate surface area is 108 Å². The summed E-state index contributed by atoms with van der Waals surface area (Å²) < 4.78 is 11.3. The second kappa shape index (κ2) is 5.80. The summed E-state index contributed by atoms with van der Waals surface area (Å²) in [7, 11) is 1.77. The smallest absolute Gasteiger partial charge is 0.233 e. The topological polar surface area (TPSA) is 60.2 Å². The van der Waals surface area contributed by atoms with E-state index in [0.717, 1.165) is 32.2 Å². The molecular weight excluding hydrogens is 230 g/mol. The van der Waals surface area contributed by atoms with E-state index >= 15 is 0 Å². The van der Waals surface area contributed by atoms with Crippen molar-refractivity contribution in [1.29, 1.82) is 0 Å². The molecule has 0 bridgehead atoms. The largest absolute Gasteiger partial charge is 0.423 e. The average Bonchev–Trinajstić information content (AvgIpc) is 2.79. The summed E-state index contributed by atoms with van der Waals surface area (Å²) in [5.41, 5.74) is -0.0517. The van der Waals surface area contributed by atoms with Crippen LogP contribution >= 0.6 is 0 Å². The molecule has 5 heteroatoms. The van der Waals surface area contributed by atoms with Crippen LogP contribution in [0.2, 0.25) is 0 Å². The standard InChI is InChI=1S/C13H23N3O2/c1-4-8-14-10(2)12-16-15-11(18-12)9-13(17-3)6-5-7-13/h10,14H,4-9H2,1-3H3. The first kappa shape index (κ1) is 13.5. The second-order valence-electron chi connectivity index (χ2n) is 5.13. The van der Waals surface area contributed by atoms with Gasteiger partial charge in [-0.15, -0.1) is 10.2 Å². The maximum atomic E-state index is 5.71. The highest BCUT2D eigenvalue weighted by atomic mass is 16.5. The van der Waals surface area contributed by atoms with E-state index in [4.69, 9.17) is 9.15 Å². The van der Waals surface area contributed by atoms with E-state index in [9.17, 15) is 0 Å². The highest BCUT2D eigenvalue weighted by Gasteiger charge is 2.38. The highest BCUT2D eigenvalue weighted by Crippen LogP contribution is 2.37. The van der Waals surface area contributed by atoms with Gasteiger partial charge in [0.15, 0.2) is 0 Å². The molecular formula is C13H23N3O2. The highest BCUT2D eigenvalue weighted by molar-refractivity contribution is 4.98. The van der Waals surface area contributed by atoms with Crippen LogP contribution in [0.5, 0.6) is 0 Å². The van der Waals surface area contributed by atoms with Crippen molar-refractivity contribution >= 4 is 0 Å². The fourth-order valence-electron chi connectivity index (χ4n) is 2.26. The van der Waals surface area contributed by atoms with E-state index in [1.54, 1.807) is 7.11 Å². The Morgan fingerprint density at radius 2 is 2.22 bits per heavy atom. The number of nitrogens with one attached hydrogen (secondary N) is 1. The lowest BCUT2D eigenvalue weighted by atomic mass is 9.77. The molecule has 1 saturated carbocycles. The van der Waals surface area contributed by atoms with Gasteiger partial charge in [-0.25, -0.2) is 0 Å². The molecule has 1 unspecified atom stereocenters. The lowest BCUT2D eigenvalue weighted by Crippen LogP contribution is -2.41. The van der Waals surface area contributed by atoms with Crippen molar-refractivity contribution in [2.45, 2.75) is 57.6 Å². The molecule has 0 radical (unpaired) electrons. The van der Waals surface area contributed by atoms with Crippen LogP contribution in [-0.2, 0) is 11.2 Å². The Bertz CT molecular complexity index is 369. The van der Waals surface area contributed by atoms with Gasteiger partial charge in [0.05, 0.1) is 18.1 Å². The molecule has 1 aromatic rings. The van der Waals surface area contributed by atoms with Gasteiger partial charge in [0, 0.05) is 7.11 Å². The minimum atomic E-state index is -0.0517. The van der Waals surface area contributed by atoms with E-state index in [0.29, 0.717) is 11.8 Å². The summed E-state index contributed by atoms with van der Waals surface area (Å²) >= 11 is 0. The second-order valence-corrected chi connectivity index (χ2v) is 5.13. The van der Waals surface area contributed by atoms with E-state index < -0.39 is 0 Å². The van der Waals surface area contributed by atoms with Gasteiger partial charge in [-0.2, -0.15) is 0 Å². The van der Waals surface area contributed by atoms with Crippen molar-refractivity contribution in [3.8, 4) is 0 Å². The van der Waals surface area contributed by atoms with Crippen molar-refractivity contribution in [3.05, 3.63) is 11.8 Å². The number of methoxy groups -OCH3 is 1. The first-order valence-corrected chi connectivity index (χ1v) is 6.80. The van der Waals surface area contributed by atoms with Crippen molar-refractivity contribution in [2.75, 3.05) is 13.7 Å². The summed E-state index contributed by atoms with van der Waals surface area (Å²) in [4.78, 5) is 0. The van der Waals surface area contributed by atoms with Gasteiger partial charge in [0.2, 0.25) is 11.8 Å². The van der Waals surface area contributed by atoms with Crippen LogP contribution in [0.25, 0.3) is 0 Å². The first-order chi connectivity index (χ1) is 8.69. The normalized spacial score (nSPS) is 19.5. The molecule has 1 aliphatic carbocycles. The van der Waals surface area contributed by atoms with E-state index in [2.05, 4.69) is 22.4 Å². The molecule has 0 aliphatic heterocycles. The van der Waals surface area contributed by atoms with Crippen LogP contribution in [0, 0.1) is 0 Å². The SMILES string of the molecule is CCCNC(C)c1nnc(CC2(OC)CCC2)o1. The number of ether oxygens (including phenoxy) is 1. The third-order valence-electron chi connectivity index (χ3n) is 3.72. The minimum absolute atomic E-state index is 0.0517. The van der Waals surface area contributed by atoms with Crippen LogP contribution in [0.4, 0.5) is 0 Å². The van der Waals surface area contributed by atoms with Gasteiger partial charge in [0.25, 0.3) is 0 Å². The number of aromatic nitrogens is 2. The summed E-state index contributed by atoms with van der Waals surface area (Å²) in [5, 5.41) is 11.6. The summed E-state index contributed by atoms with van der Waals surface area (Å²) in [6.45, 7) is 5.14. The van der Waals surface area contributed by atoms with Crippen molar-refractivity contribution < 1.29 is 9.15 Å². The molecule has 0 amide bonds. The Morgan fingerprint density at radius 3 is 2.78 bits per heavy atom. The van der Waals surface area contributed by atoms with Crippen molar-refractivity contribution in [2.24, 2.45) is 0 Å². The molecule has 1 fully saturated rings. The molecule has 1 aromatic heterocycles. The molecule has 0 saturated heterocycles. The number of rotatable bonds is 7. The molecule has 18 heavy (non-hydrogen) atoms. The van der Waals surface area contributed by atoms with Crippen LogP contribution < -0.4 is 5.32 Å². The van der Waals surface area contributed by atoms with Gasteiger partial charge in [-0.1, -0.05) is 6.92 Å². The fraction of sp³-hybridized carbons (Fsp3) is 0.846. The summed E-state index contributed by atoms with van der Waals surface area (Å²) in [5.74, 6) is 1.36. The van der Waals surface area contributed by atoms with E-state index in [1.165, 1.54) is 6.42 Å². The molecule has 0 spiro atoms. The van der Waals surface area contributed by atoms with Crippen molar-refractivity contribution in [3.63, 3.8) is 0 Å². The first-order valence-electron chi connectivity index (χ1n) is 6.80. The molecule has 1 N–H and O–H groups in total. The number of nitrogens with zero attached hydrogens (tertiary/aromatic N) is 2. The van der Waals surface area contributed by atoms with Gasteiger partial charge >= 0.3 is 0 Å². The summed E-state index contributed by atoms with van der Waals surface area (Å²) in [6.07, 6.45) is 5.23. The van der Waals surface area contributed by atoms with E-state index in [1.807, 2.05) is 6.92 Å². The average molecular weight is 253 g/mol. The van der Waals surface area contributed by atoms with Crippen molar-refractivity contribution in [1.82, 2.24) is 15.5 Å². The maximum absolute atomic E-state index is 5.71. The lowest BCUT2D eigenvalue weighted by Gasteiger charge is -2.39. The lowest BCUT2D eigenvalue weighted by molar-refractivity contribution is -0.0747. The Kier molecular flexibility index (Phi) is 4.35. The van der Waals surface area contributed by atoms with Gasteiger partial charge in [0.1, 0.15) is 0 Å². The monoisotopic (exact) mass is 253 g/mol. The Balaban J connectivity index is 1.93. The van der Waals surface area contributed by atoms with E-state index in [-0.39, 0.29) is 11.6 Å². The Hall–Kier alpha value is -0.940. The van der Waals surface area contributed by atoms with Crippen LogP contribution in [-0.4, -0.2) is 29.5 Å². The third-order valence-corrected chi connectivity index (χ3v) is 3.72. The van der Waals surface area contributed by atoms with Crippen LogP contribution in [0.3, 0.4) is 0 Å². The Morgan fingerprint density at radius 1 is 1.44 bits per heavy atom. The van der Waals surface area contributed by atoms with Crippen LogP contribution in [0.15, 0.2) is 4.42 Å². The summed E-state index contributed by atoms with van der Waals surface area (Å²) in [6, 6.07) is 0.117. The van der Waals surface area contributed by atoms with Gasteiger partial charge < -0.3 is 14.5 Å². The number of hydrogen-bond acceptors (Lipinski definition) is 5. The predicted octanol–water partition coefficient (Wildman–Crippen LogP) is 2.24. The zero-order chi connectivity index (χ0) is 13.0. The molecule has 1 atom stereocenters. The zero-order valence-electron chi connectivity index (χ0n) is 11.5. The fourth-order valence-corrected chi connectivity index (χ4v) is 2.26. The van der Waals surface area contributed by atoms with Gasteiger partial charge in [-0.05, 0) is 39.2 Å². The molecule has 1 aliphatic rings. The molecule has 5 nitrogen and oxygen atoms in total.